The monoisotopic (exact) mass is 391 g/mol. The lowest BCUT2D eigenvalue weighted by Gasteiger charge is -2.35. The fraction of sp³-hybridized carbons (Fsp3) is 0.417. The average molecular weight is 392 g/mol. The molecule has 0 saturated carbocycles. The number of benzene rings is 2. The number of hydrogen-bond acceptors (Lipinski definition) is 5. The highest BCUT2D eigenvalue weighted by atomic mass is 15.4. The van der Waals surface area contributed by atoms with Crippen LogP contribution in [-0.4, -0.2) is 53.7 Å². The summed E-state index contributed by atoms with van der Waals surface area (Å²) in [7, 11) is 0. The molecule has 1 unspecified atom stereocenters. The SMILES string of the molecule is CCN1C=CNC1NCc1ccccc1CN1CCN(Cc2ccccc2)CC1. The quantitative estimate of drug-likeness (QED) is 0.723. The van der Waals surface area contributed by atoms with Crippen molar-refractivity contribution in [3.63, 3.8) is 0 Å². The van der Waals surface area contributed by atoms with E-state index in [0.29, 0.717) is 0 Å². The number of hydrogen-bond donors (Lipinski definition) is 2. The second kappa shape index (κ2) is 9.92. The Bertz CT molecular complexity index is 783. The molecule has 4 rings (SSSR count). The van der Waals surface area contributed by atoms with E-state index >= 15 is 0 Å². The Kier molecular flexibility index (Phi) is 6.83. The van der Waals surface area contributed by atoms with Crippen LogP contribution in [0.25, 0.3) is 0 Å². The van der Waals surface area contributed by atoms with Gasteiger partial charge in [-0.3, -0.25) is 15.1 Å². The van der Waals surface area contributed by atoms with Crippen molar-refractivity contribution < 1.29 is 0 Å². The Morgan fingerprint density at radius 1 is 0.862 bits per heavy atom. The Hall–Kier alpha value is -2.34. The Morgan fingerprint density at radius 3 is 2.24 bits per heavy atom. The van der Waals surface area contributed by atoms with Crippen LogP contribution in [0.3, 0.4) is 0 Å². The second-order valence-corrected chi connectivity index (χ2v) is 7.90. The zero-order valence-corrected chi connectivity index (χ0v) is 17.4. The molecular weight excluding hydrogens is 358 g/mol. The van der Waals surface area contributed by atoms with E-state index in [0.717, 1.165) is 52.4 Å². The zero-order chi connectivity index (χ0) is 19.9. The largest absolute Gasteiger partial charge is 0.358 e. The molecule has 0 radical (unpaired) electrons. The third-order valence-corrected chi connectivity index (χ3v) is 5.93. The summed E-state index contributed by atoms with van der Waals surface area (Å²) in [4.78, 5) is 7.43. The molecule has 2 aromatic carbocycles. The Balaban J connectivity index is 1.28. The first-order valence-electron chi connectivity index (χ1n) is 10.8. The zero-order valence-electron chi connectivity index (χ0n) is 17.4. The fourth-order valence-electron chi connectivity index (χ4n) is 4.15. The molecule has 2 aromatic rings. The van der Waals surface area contributed by atoms with Crippen molar-refractivity contribution in [3.05, 3.63) is 83.7 Å². The van der Waals surface area contributed by atoms with Gasteiger partial charge in [-0.2, -0.15) is 0 Å². The van der Waals surface area contributed by atoms with Gasteiger partial charge in [0.2, 0.25) is 0 Å². The van der Waals surface area contributed by atoms with Crippen molar-refractivity contribution >= 4 is 0 Å². The van der Waals surface area contributed by atoms with Gasteiger partial charge in [0.15, 0.2) is 6.29 Å². The van der Waals surface area contributed by atoms with Crippen molar-refractivity contribution in [2.75, 3.05) is 32.7 Å². The van der Waals surface area contributed by atoms with Crippen LogP contribution in [0.4, 0.5) is 0 Å². The van der Waals surface area contributed by atoms with Crippen LogP contribution in [0.15, 0.2) is 67.0 Å². The minimum Gasteiger partial charge on any atom is -0.358 e. The van der Waals surface area contributed by atoms with Gasteiger partial charge in [-0.15, -0.1) is 0 Å². The van der Waals surface area contributed by atoms with Gasteiger partial charge in [-0.25, -0.2) is 0 Å². The summed E-state index contributed by atoms with van der Waals surface area (Å²) in [6, 6.07) is 19.7. The fourth-order valence-corrected chi connectivity index (χ4v) is 4.15. The van der Waals surface area contributed by atoms with E-state index in [-0.39, 0.29) is 6.29 Å². The van der Waals surface area contributed by atoms with Gasteiger partial charge in [-0.05, 0) is 23.6 Å². The topological polar surface area (TPSA) is 33.8 Å². The number of rotatable bonds is 8. The van der Waals surface area contributed by atoms with Crippen molar-refractivity contribution in [2.45, 2.75) is 32.8 Å². The maximum Gasteiger partial charge on any atom is 0.154 e. The van der Waals surface area contributed by atoms with Gasteiger partial charge in [0, 0.05) is 64.8 Å². The summed E-state index contributed by atoms with van der Waals surface area (Å²) < 4.78 is 0. The first-order chi connectivity index (χ1) is 14.3. The van der Waals surface area contributed by atoms with Crippen molar-refractivity contribution in [1.29, 1.82) is 0 Å². The van der Waals surface area contributed by atoms with E-state index < -0.39 is 0 Å². The van der Waals surface area contributed by atoms with E-state index in [2.05, 4.69) is 93.1 Å². The number of nitrogens with zero attached hydrogens (tertiary/aromatic N) is 3. The lowest BCUT2D eigenvalue weighted by molar-refractivity contribution is 0.121. The van der Waals surface area contributed by atoms with Gasteiger partial charge in [-0.1, -0.05) is 54.6 Å². The van der Waals surface area contributed by atoms with Crippen LogP contribution in [0.2, 0.25) is 0 Å². The predicted molar refractivity (Wildman–Crippen MR) is 119 cm³/mol. The van der Waals surface area contributed by atoms with Crippen LogP contribution in [0.1, 0.15) is 23.6 Å². The van der Waals surface area contributed by atoms with E-state index in [1.54, 1.807) is 0 Å². The highest BCUT2D eigenvalue weighted by Crippen LogP contribution is 2.15. The van der Waals surface area contributed by atoms with Gasteiger partial charge < -0.3 is 10.2 Å². The molecule has 2 aliphatic heterocycles. The van der Waals surface area contributed by atoms with Crippen molar-refractivity contribution in [3.8, 4) is 0 Å². The van der Waals surface area contributed by atoms with E-state index in [1.165, 1.54) is 16.7 Å². The molecule has 2 aliphatic rings. The molecule has 1 fully saturated rings. The van der Waals surface area contributed by atoms with Crippen LogP contribution in [-0.2, 0) is 19.6 Å². The summed E-state index contributed by atoms with van der Waals surface area (Å²) in [6.45, 7) is 10.7. The molecule has 2 N–H and O–H groups in total. The third kappa shape index (κ3) is 5.38. The summed E-state index contributed by atoms with van der Waals surface area (Å²) in [5.74, 6) is 0. The lowest BCUT2D eigenvalue weighted by atomic mass is 10.1. The molecule has 154 valence electrons. The molecule has 2 heterocycles. The summed E-state index contributed by atoms with van der Waals surface area (Å²) in [5.41, 5.74) is 4.24. The van der Waals surface area contributed by atoms with Crippen LogP contribution < -0.4 is 10.6 Å². The average Bonchev–Trinajstić information content (AvgIpc) is 3.23. The first-order valence-corrected chi connectivity index (χ1v) is 10.8. The normalized spacial score (nSPS) is 20.2. The molecule has 0 spiro atoms. The summed E-state index contributed by atoms with van der Waals surface area (Å²) in [6.07, 6.45) is 4.31. The number of nitrogens with one attached hydrogen (secondary N) is 2. The van der Waals surface area contributed by atoms with Crippen molar-refractivity contribution in [2.24, 2.45) is 0 Å². The molecule has 29 heavy (non-hydrogen) atoms. The predicted octanol–water partition coefficient (Wildman–Crippen LogP) is 2.77. The lowest BCUT2D eigenvalue weighted by Crippen LogP contribution is -2.47. The third-order valence-electron chi connectivity index (χ3n) is 5.93. The Morgan fingerprint density at radius 2 is 1.52 bits per heavy atom. The second-order valence-electron chi connectivity index (χ2n) is 7.90. The van der Waals surface area contributed by atoms with Crippen LogP contribution in [0.5, 0.6) is 0 Å². The van der Waals surface area contributed by atoms with Crippen molar-refractivity contribution in [1.82, 2.24) is 25.3 Å². The smallest absolute Gasteiger partial charge is 0.154 e. The molecular formula is C24H33N5. The molecule has 1 saturated heterocycles. The van der Waals surface area contributed by atoms with Crippen LogP contribution in [0, 0.1) is 0 Å². The first kappa shape index (κ1) is 20.0. The highest BCUT2D eigenvalue weighted by Gasteiger charge is 2.19. The van der Waals surface area contributed by atoms with Gasteiger partial charge >= 0.3 is 0 Å². The van der Waals surface area contributed by atoms with E-state index in [4.69, 9.17) is 0 Å². The molecule has 0 bridgehead atoms. The molecule has 5 nitrogen and oxygen atoms in total. The summed E-state index contributed by atoms with van der Waals surface area (Å²) >= 11 is 0. The highest BCUT2D eigenvalue weighted by molar-refractivity contribution is 5.27. The standard InChI is InChI=1S/C24H33N5/c1-2-29-13-12-25-24(29)26-18-22-10-6-7-11-23(22)20-28-16-14-27(15-17-28)19-21-8-4-3-5-9-21/h3-13,24-26H,2,14-20H2,1H3. The van der Waals surface area contributed by atoms with E-state index in [9.17, 15) is 0 Å². The number of piperazine rings is 1. The molecule has 1 atom stereocenters. The molecule has 0 aromatic heterocycles. The van der Waals surface area contributed by atoms with Gasteiger partial charge in [0.1, 0.15) is 0 Å². The molecule has 0 amide bonds. The maximum absolute atomic E-state index is 3.64. The van der Waals surface area contributed by atoms with E-state index in [1.807, 2.05) is 6.20 Å². The molecule has 5 heteroatoms. The van der Waals surface area contributed by atoms with Crippen LogP contribution >= 0.6 is 0 Å². The Labute approximate surface area is 175 Å². The van der Waals surface area contributed by atoms with Gasteiger partial charge in [0.25, 0.3) is 0 Å². The maximum atomic E-state index is 3.64. The summed E-state index contributed by atoms with van der Waals surface area (Å²) in [5, 5.41) is 7.01. The van der Waals surface area contributed by atoms with Gasteiger partial charge in [0.05, 0.1) is 0 Å². The minimum atomic E-state index is 0.189. The molecule has 0 aliphatic carbocycles. The minimum absolute atomic E-state index is 0.189.